The van der Waals surface area contributed by atoms with Gasteiger partial charge in [0.25, 0.3) is 0 Å². The molecule has 25 heavy (non-hydrogen) atoms. The number of amides is 1. The van der Waals surface area contributed by atoms with Crippen molar-refractivity contribution in [2.45, 2.75) is 25.9 Å². The van der Waals surface area contributed by atoms with Gasteiger partial charge in [-0.05, 0) is 37.0 Å². The first kappa shape index (κ1) is 17.5. The Balaban J connectivity index is 1.35. The molecule has 1 heterocycles. The molecule has 0 bridgehead atoms. The number of rotatable bonds is 7. The second-order valence-electron chi connectivity index (χ2n) is 6.39. The molecule has 2 atom stereocenters. The van der Waals surface area contributed by atoms with Crippen LogP contribution in [0.25, 0.3) is 0 Å². The SMILES string of the molecule is CC(OCCCNC(=O)C1COc2ccccc2C1)c1ccccc1. The summed E-state index contributed by atoms with van der Waals surface area (Å²) < 4.78 is 11.5. The lowest BCUT2D eigenvalue weighted by Gasteiger charge is -2.24. The van der Waals surface area contributed by atoms with Gasteiger partial charge in [-0.2, -0.15) is 0 Å². The molecule has 3 rings (SSSR count). The molecule has 0 saturated heterocycles. The van der Waals surface area contributed by atoms with Crippen molar-refractivity contribution in [2.75, 3.05) is 19.8 Å². The third kappa shape index (κ3) is 4.83. The van der Waals surface area contributed by atoms with Crippen LogP contribution in [0.1, 0.15) is 30.6 Å². The largest absolute Gasteiger partial charge is 0.492 e. The lowest BCUT2D eigenvalue weighted by Crippen LogP contribution is -2.38. The van der Waals surface area contributed by atoms with Gasteiger partial charge in [0.1, 0.15) is 12.4 Å². The van der Waals surface area contributed by atoms with E-state index in [9.17, 15) is 4.79 Å². The van der Waals surface area contributed by atoms with Crippen LogP contribution in [0.3, 0.4) is 0 Å². The van der Waals surface area contributed by atoms with Crippen LogP contribution < -0.4 is 10.1 Å². The summed E-state index contributed by atoms with van der Waals surface area (Å²) in [5, 5.41) is 3.00. The lowest BCUT2D eigenvalue weighted by molar-refractivity contribution is -0.126. The van der Waals surface area contributed by atoms with Crippen LogP contribution in [0.4, 0.5) is 0 Å². The zero-order valence-electron chi connectivity index (χ0n) is 14.6. The molecule has 1 aliphatic rings. The van der Waals surface area contributed by atoms with Gasteiger partial charge in [0.05, 0.1) is 12.0 Å². The number of carbonyl (C=O) groups excluding carboxylic acids is 1. The molecular formula is C21H25NO3. The Morgan fingerprint density at radius 1 is 1.20 bits per heavy atom. The van der Waals surface area contributed by atoms with Gasteiger partial charge in [0, 0.05) is 13.2 Å². The average molecular weight is 339 g/mol. The van der Waals surface area contributed by atoms with Crippen LogP contribution in [0.2, 0.25) is 0 Å². The fourth-order valence-electron chi connectivity index (χ4n) is 3.00. The zero-order valence-corrected chi connectivity index (χ0v) is 14.6. The maximum Gasteiger partial charge on any atom is 0.226 e. The van der Waals surface area contributed by atoms with Crippen LogP contribution in [-0.4, -0.2) is 25.7 Å². The molecule has 0 aliphatic carbocycles. The van der Waals surface area contributed by atoms with E-state index < -0.39 is 0 Å². The Bertz CT molecular complexity index is 687. The maximum absolute atomic E-state index is 12.3. The molecule has 0 aromatic heterocycles. The zero-order chi connectivity index (χ0) is 17.5. The summed E-state index contributed by atoms with van der Waals surface area (Å²) in [6, 6.07) is 18.1. The number of nitrogens with one attached hydrogen (secondary N) is 1. The Morgan fingerprint density at radius 2 is 1.96 bits per heavy atom. The number of hydrogen-bond acceptors (Lipinski definition) is 3. The number of para-hydroxylation sites is 1. The van der Waals surface area contributed by atoms with Crippen LogP contribution in [0.5, 0.6) is 5.75 Å². The van der Waals surface area contributed by atoms with Gasteiger partial charge in [-0.15, -0.1) is 0 Å². The maximum atomic E-state index is 12.3. The van der Waals surface area contributed by atoms with Crippen molar-refractivity contribution in [1.29, 1.82) is 0 Å². The van der Waals surface area contributed by atoms with E-state index in [2.05, 4.69) is 17.4 Å². The van der Waals surface area contributed by atoms with Gasteiger partial charge in [0.15, 0.2) is 0 Å². The molecule has 0 saturated carbocycles. The van der Waals surface area contributed by atoms with Crippen molar-refractivity contribution in [3.8, 4) is 5.75 Å². The minimum Gasteiger partial charge on any atom is -0.492 e. The molecule has 2 unspecified atom stereocenters. The molecule has 0 fully saturated rings. The third-order valence-corrected chi connectivity index (χ3v) is 4.51. The Hall–Kier alpha value is -2.33. The molecule has 2 aromatic rings. The third-order valence-electron chi connectivity index (χ3n) is 4.51. The Labute approximate surface area is 149 Å². The highest BCUT2D eigenvalue weighted by molar-refractivity contribution is 5.79. The molecule has 2 aromatic carbocycles. The first-order chi connectivity index (χ1) is 12.2. The van der Waals surface area contributed by atoms with Gasteiger partial charge in [0.2, 0.25) is 5.91 Å². The predicted octanol–water partition coefficient (Wildman–Crippen LogP) is 3.52. The van der Waals surface area contributed by atoms with E-state index in [1.165, 1.54) is 5.56 Å². The van der Waals surface area contributed by atoms with Gasteiger partial charge in [-0.1, -0.05) is 48.5 Å². The van der Waals surface area contributed by atoms with E-state index in [1.54, 1.807) is 0 Å². The summed E-state index contributed by atoms with van der Waals surface area (Å²) in [7, 11) is 0. The molecule has 0 spiro atoms. The summed E-state index contributed by atoms with van der Waals surface area (Å²) >= 11 is 0. The van der Waals surface area contributed by atoms with Gasteiger partial charge in [-0.25, -0.2) is 0 Å². The fraction of sp³-hybridized carbons (Fsp3) is 0.381. The van der Waals surface area contributed by atoms with Crippen molar-refractivity contribution >= 4 is 5.91 Å². The molecule has 1 aliphatic heterocycles. The second-order valence-corrected chi connectivity index (χ2v) is 6.39. The van der Waals surface area contributed by atoms with Crippen LogP contribution in [0.15, 0.2) is 54.6 Å². The number of fused-ring (bicyclic) bond motifs is 1. The van der Waals surface area contributed by atoms with E-state index in [0.717, 1.165) is 24.2 Å². The average Bonchev–Trinajstić information content (AvgIpc) is 2.67. The second kappa shape index (κ2) is 8.67. The summed E-state index contributed by atoms with van der Waals surface area (Å²) in [4.78, 5) is 12.3. The first-order valence-electron chi connectivity index (χ1n) is 8.89. The molecule has 1 N–H and O–H groups in total. The minimum atomic E-state index is -0.112. The molecule has 4 heteroatoms. The van der Waals surface area contributed by atoms with Crippen molar-refractivity contribution in [3.63, 3.8) is 0 Å². The first-order valence-corrected chi connectivity index (χ1v) is 8.89. The van der Waals surface area contributed by atoms with Gasteiger partial charge >= 0.3 is 0 Å². The Kier molecular flexibility index (Phi) is 6.07. The van der Waals surface area contributed by atoms with Gasteiger partial charge < -0.3 is 14.8 Å². The summed E-state index contributed by atoms with van der Waals surface area (Å²) in [5.41, 5.74) is 2.28. The molecular weight excluding hydrogens is 314 g/mol. The van der Waals surface area contributed by atoms with E-state index in [4.69, 9.17) is 9.47 Å². The van der Waals surface area contributed by atoms with E-state index in [0.29, 0.717) is 19.8 Å². The quantitative estimate of drug-likeness (QED) is 0.785. The van der Waals surface area contributed by atoms with E-state index >= 15 is 0 Å². The summed E-state index contributed by atoms with van der Waals surface area (Å²) in [6.07, 6.45) is 1.61. The number of carbonyl (C=O) groups is 1. The highest BCUT2D eigenvalue weighted by Crippen LogP contribution is 2.26. The van der Waals surface area contributed by atoms with E-state index in [-0.39, 0.29) is 17.9 Å². The smallest absolute Gasteiger partial charge is 0.226 e. The monoisotopic (exact) mass is 339 g/mol. The van der Waals surface area contributed by atoms with Crippen LogP contribution >= 0.6 is 0 Å². The van der Waals surface area contributed by atoms with Crippen LogP contribution in [-0.2, 0) is 16.0 Å². The van der Waals surface area contributed by atoms with Crippen molar-refractivity contribution < 1.29 is 14.3 Å². The van der Waals surface area contributed by atoms with Crippen LogP contribution in [0, 0.1) is 5.92 Å². The fourth-order valence-corrected chi connectivity index (χ4v) is 3.00. The minimum absolute atomic E-state index is 0.0608. The lowest BCUT2D eigenvalue weighted by atomic mass is 9.96. The van der Waals surface area contributed by atoms with E-state index in [1.807, 2.05) is 49.4 Å². The molecule has 0 radical (unpaired) electrons. The number of ether oxygens (including phenoxy) is 2. The standard InChI is InChI=1S/C21H25NO3/c1-16(17-8-3-2-4-9-17)24-13-7-12-22-21(23)19-14-18-10-5-6-11-20(18)25-15-19/h2-6,8-11,16,19H,7,12-15H2,1H3,(H,22,23). The molecule has 1 amide bonds. The normalized spacial score (nSPS) is 17.2. The summed E-state index contributed by atoms with van der Waals surface area (Å²) in [6.45, 7) is 3.74. The van der Waals surface area contributed by atoms with Crippen molar-refractivity contribution in [3.05, 3.63) is 65.7 Å². The predicted molar refractivity (Wildman–Crippen MR) is 97.6 cm³/mol. The number of hydrogen-bond donors (Lipinski definition) is 1. The highest BCUT2D eigenvalue weighted by Gasteiger charge is 2.25. The summed E-state index contributed by atoms with van der Waals surface area (Å²) in [5.74, 6) is 0.847. The van der Waals surface area contributed by atoms with Gasteiger partial charge in [-0.3, -0.25) is 4.79 Å². The highest BCUT2D eigenvalue weighted by atomic mass is 16.5. The van der Waals surface area contributed by atoms with Crippen molar-refractivity contribution in [2.24, 2.45) is 5.92 Å². The number of benzene rings is 2. The topological polar surface area (TPSA) is 47.6 Å². The van der Waals surface area contributed by atoms with Crippen molar-refractivity contribution in [1.82, 2.24) is 5.32 Å². The Morgan fingerprint density at radius 3 is 2.80 bits per heavy atom. The molecule has 4 nitrogen and oxygen atoms in total. The molecule has 132 valence electrons.